The zero-order valence-corrected chi connectivity index (χ0v) is 12.1. The van der Waals surface area contributed by atoms with E-state index in [1.54, 1.807) is 0 Å². The van der Waals surface area contributed by atoms with E-state index >= 15 is 0 Å². The van der Waals surface area contributed by atoms with Gasteiger partial charge in [0, 0.05) is 19.1 Å². The van der Waals surface area contributed by atoms with Gasteiger partial charge in [0.15, 0.2) is 0 Å². The molecule has 0 amide bonds. The Morgan fingerprint density at radius 1 is 1.32 bits per heavy atom. The Morgan fingerprint density at radius 2 is 2.00 bits per heavy atom. The van der Waals surface area contributed by atoms with Crippen molar-refractivity contribution < 1.29 is 5.11 Å². The van der Waals surface area contributed by atoms with Crippen molar-refractivity contribution in [3.63, 3.8) is 0 Å². The van der Waals surface area contributed by atoms with Crippen LogP contribution in [0.15, 0.2) is 24.3 Å². The second kappa shape index (κ2) is 7.04. The van der Waals surface area contributed by atoms with Gasteiger partial charge in [-0.05, 0) is 50.9 Å². The lowest BCUT2D eigenvalue weighted by Gasteiger charge is -2.31. The molecule has 1 saturated heterocycles. The minimum Gasteiger partial charge on any atom is -0.393 e. The molecule has 19 heavy (non-hydrogen) atoms. The van der Waals surface area contributed by atoms with Crippen molar-refractivity contribution in [3.8, 4) is 0 Å². The van der Waals surface area contributed by atoms with Crippen LogP contribution in [0, 0.1) is 6.92 Å². The number of nitrogens with one attached hydrogen (secondary N) is 1. The van der Waals surface area contributed by atoms with Crippen molar-refractivity contribution in [2.24, 2.45) is 0 Å². The van der Waals surface area contributed by atoms with E-state index in [9.17, 15) is 5.11 Å². The molecule has 3 nitrogen and oxygen atoms in total. The van der Waals surface area contributed by atoms with E-state index in [0.29, 0.717) is 6.04 Å². The van der Waals surface area contributed by atoms with E-state index < -0.39 is 0 Å². The second-order valence-electron chi connectivity index (χ2n) is 5.56. The van der Waals surface area contributed by atoms with Crippen LogP contribution in [0.5, 0.6) is 0 Å². The van der Waals surface area contributed by atoms with Crippen LogP contribution in [0.2, 0.25) is 0 Å². The van der Waals surface area contributed by atoms with Crippen molar-refractivity contribution in [2.45, 2.75) is 38.3 Å². The van der Waals surface area contributed by atoms with Crippen molar-refractivity contribution in [3.05, 3.63) is 35.4 Å². The zero-order valence-electron chi connectivity index (χ0n) is 12.1. The molecule has 1 fully saturated rings. The number of aliphatic hydroxyl groups excluding tert-OH is 1. The summed E-state index contributed by atoms with van der Waals surface area (Å²) in [6.07, 6.45) is 2.90. The molecule has 3 heteroatoms. The summed E-state index contributed by atoms with van der Waals surface area (Å²) in [5.41, 5.74) is 2.76. The van der Waals surface area contributed by atoms with Crippen LogP contribution in [0.4, 0.5) is 0 Å². The van der Waals surface area contributed by atoms with E-state index in [-0.39, 0.29) is 6.10 Å². The molecule has 2 N–H and O–H groups in total. The van der Waals surface area contributed by atoms with Crippen LogP contribution in [0.25, 0.3) is 0 Å². The highest BCUT2D eigenvalue weighted by Gasteiger charge is 2.18. The number of likely N-dealkylation sites (tertiary alicyclic amines) is 1. The Morgan fingerprint density at radius 3 is 2.63 bits per heavy atom. The molecule has 0 bridgehead atoms. The van der Waals surface area contributed by atoms with Gasteiger partial charge in [-0.2, -0.15) is 0 Å². The topological polar surface area (TPSA) is 35.5 Å². The average Bonchev–Trinajstić information content (AvgIpc) is 2.43. The molecule has 2 rings (SSSR count). The molecule has 0 aromatic heterocycles. The van der Waals surface area contributed by atoms with E-state index in [1.807, 2.05) is 7.05 Å². The third kappa shape index (κ3) is 4.03. The number of hydrogen-bond donors (Lipinski definition) is 2. The summed E-state index contributed by atoms with van der Waals surface area (Å²) in [5, 5.41) is 13.0. The number of nitrogens with zero attached hydrogens (tertiary/aromatic N) is 1. The number of aliphatic hydroxyl groups is 1. The summed E-state index contributed by atoms with van der Waals surface area (Å²) in [5.74, 6) is 0. The number of rotatable bonds is 5. The van der Waals surface area contributed by atoms with Gasteiger partial charge in [-0.25, -0.2) is 0 Å². The SMILES string of the molecule is CNC(CCN1CCC(O)CC1)c1ccccc1C. The van der Waals surface area contributed by atoms with Crippen LogP contribution in [0.3, 0.4) is 0 Å². The highest BCUT2D eigenvalue weighted by molar-refractivity contribution is 5.28. The number of hydrogen-bond acceptors (Lipinski definition) is 3. The van der Waals surface area contributed by atoms with Gasteiger partial charge >= 0.3 is 0 Å². The van der Waals surface area contributed by atoms with Gasteiger partial charge in [-0.15, -0.1) is 0 Å². The summed E-state index contributed by atoms with van der Waals surface area (Å²) in [7, 11) is 2.04. The summed E-state index contributed by atoms with van der Waals surface area (Å²) >= 11 is 0. The number of benzene rings is 1. The Kier molecular flexibility index (Phi) is 5.37. The maximum absolute atomic E-state index is 9.53. The molecule has 106 valence electrons. The van der Waals surface area contributed by atoms with E-state index in [2.05, 4.69) is 41.4 Å². The van der Waals surface area contributed by atoms with Crippen molar-refractivity contribution in [2.75, 3.05) is 26.7 Å². The molecular weight excluding hydrogens is 236 g/mol. The fourth-order valence-electron chi connectivity index (χ4n) is 2.89. The van der Waals surface area contributed by atoms with Gasteiger partial charge in [-0.3, -0.25) is 0 Å². The van der Waals surface area contributed by atoms with E-state index in [0.717, 1.165) is 38.9 Å². The first-order valence-electron chi connectivity index (χ1n) is 7.34. The van der Waals surface area contributed by atoms with Crippen LogP contribution >= 0.6 is 0 Å². The third-order valence-corrected chi connectivity index (χ3v) is 4.20. The molecular formula is C16H26N2O. The molecule has 1 unspecified atom stereocenters. The summed E-state index contributed by atoms with van der Waals surface area (Å²) < 4.78 is 0. The zero-order chi connectivity index (χ0) is 13.7. The third-order valence-electron chi connectivity index (χ3n) is 4.20. The van der Waals surface area contributed by atoms with Gasteiger partial charge in [0.05, 0.1) is 6.10 Å². The monoisotopic (exact) mass is 262 g/mol. The minimum atomic E-state index is -0.0762. The Bertz CT molecular complexity index is 386. The van der Waals surface area contributed by atoms with Crippen molar-refractivity contribution in [1.82, 2.24) is 10.2 Å². The Labute approximate surface area is 116 Å². The smallest absolute Gasteiger partial charge is 0.0564 e. The molecule has 0 radical (unpaired) electrons. The number of piperidine rings is 1. The molecule has 1 aromatic carbocycles. The molecule has 1 heterocycles. The fraction of sp³-hybridized carbons (Fsp3) is 0.625. The molecule has 1 aliphatic rings. The van der Waals surface area contributed by atoms with E-state index in [4.69, 9.17) is 0 Å². The first-order valence-corrected chi connectivity index (χ1v) is 7.34. The van der Waals surface area contributed by atoms with Crippen molar-refractivity contribution in [1.29, 1.82) is 0 Å². The van der Waals surface area contributed by atoms with Crippen molar-refractivity contribution >= 4 is 0 Å². The van der Waals surface area contributed by atoms with Crippen LogP contribution in [0.1, 0.15) is 36.4 Å². The minimum absolute atomic E-state index is 0.0762. The molecule has 0 saturated carbocycles. The lowest BCUT2D eigenvalue weighted by Crippen LogP contribution is -2.37. The second-order valence-corrected chi connectivity index (χ2v) is 5.56. The Hall–Kier alpha value is -0.900. The fourth-order valence-corrected chi connectivity index (χ4v) is 2.89. The summed E-state index contributed by atoms with van der Waals surface area (Å²) in [6, 6.07) is 9.03. The highest BCUT2D eigenvalue weighted by atomic mass is 16.3. The molecule has 0 aliphatic carbocycles. The molecule has 1 aromatic rings. The quantitative estimate of drug-likeness (QED) is 0.853. The average molecular weight is 262 g/mol. The first-order chi connectivity index (χ1) is 9.20. The lowest BCUT2D eigenvalue weighted by atomic mass is 9.98. The van der Waals surface area contributed by atoms with Gasteiger partial charge < -0.3 is 15.3 Å². The summed E-state index contributed by atoms with van der Waals surface area (Å²) in [4.78, 5) is 2.47. The predicted molar refractivity (Wildman–Crippen MR) is 79.3 cm³/mol. The maximum atomic E-state index is 9.53. The lowest BCUT2D eigenvalue weighted by molar-refractivity contribution is 0.0807. The number of aryl methyl sites for hydroxylation is 1. The van der Waals surface area contributed by atoms with Crippen LogP contribution in [-0.2, 0) is 0 Å². The normalized spacial score (nSPS) is 19.5. The van der Waals surface area contributed by atoms with Crippen LogP contribution < -0.4 is 5.32 Å². The van der Waals surface area contributed by atoms with E-state index in [1.165, 1.54) is 11.1 Å². The standard InChI is InChI=1S/C16H26N2O/c1-13-5-3-4-6-15(13)16(17-2)9-12-18-10-7-14(19)8-11-18/h3-6,14,16-17,19H,7-12H2,1-2H3. The predicted octanol–water partition coefficient (Wildman–Crippen LogP) is 2.10. The van der Waals surface area contributed by atoms with Gasteiger partial charge in [-0.1, -0.05) is 24.3 Å². The van der Waals surface area contributed by atoms with Gasteiger partial charge in [0.25, 0.3) is 0 Å². The molecule has 1 aliphatic heterocycles. The van der Waals surface area contributed by atoms with Gasteiger partial charge in [0.2, 0.25) is 0 Å². The first kappa shape index (κ1) is 14.5. The maximum Gasteiger partial charge on any atom is 0.0564 e. The molecule has 1 atom stereocenters. The van der Waals surface area contributed by atoms with Gasteiger partial charge in [0.1, 0.15) is 0 Å². The molecule has 0 spiro atoms. The largest absolute Gasteiger partial charge is 0.393 e. The van der Waals surface area contributed by atoms with Crippen LogP contribution in [-0.4, -0.2) is 42.8 Å². The Balaban J connectivity index is 1.88. The summed E-state index contributed by atoms with van der Waals surface area (Å²) in [6.45, 7) is 5.35. The highest BCUT2D eigenvalue weighted by Crippen LogP contribution is 2.21.